The first-order valence-electron chi connectivity index (χ1n) is 4.66. The number of carbonyl (C=O) groups is 1. The highest BCUT2D eigenvalue weighted by Gasteiger charge is 2.24. The normalized spacial score (nSPS) is 14.4. The molecule has 0 saturated heterocycles. The molecule has 0 heterocycles. The summed E-state index contributed by atoms with van der Waals surface area (Å²) >= 11 is 5.74. The van der Waals surface area contributed by atoms with Gasteiger partial charge in [-0.25, -0.2) is 0 Å². The molecule has 0 aliphatic rings. The van der Waals surface area contributed by atoms with Crippen LogP contribution < -0.4 is 5.32 Å². The van der Waals surface area contributed by atoms with Gasteiger partial charge in [0.15, 0.2) is 0 Å². The van der Waals surface area contributed by atoms with Crippen LogP contribution in [0, 0.1) is 11.3 Å². The van der Waals surface area contributed by atoms with Crippen molar-refractivity contribution in [1.29, 1.82) is 0 Å². The van der Waals surface area contributed by atoms with Crippen molar-refractivity contribution in [3.05, 3.63) is 0 Å². The van der Waals surface area contributed by atoms with E-state index in [1.165, 1.54) is 0 Å². The molecule has 0 aromatic heterocycles. The molecule has 1 unspecified atom stereocenters. The third-order valence-corrected chi connectivity index (χ3v) is 2.30. The third-order valence-electron chi connectivity index (χ3n) is 1.97. The maximum absolute atomic E-state index is 11.6. The van der Waals surface area contributed by atoms with Crippen LogP contribution in [0.5, 0.6) is 0 Å². The molecular weight excluding hydrogens is 186 g/mol. The second-order valence-corrected chi connectivity index (χ2v) is 5.04. The molecule has 0 rings (SSSR count). The van der Waals surface area contributed by atoms with Gasteiger partial charge >= 0.3 is 0 Å². The van der Waals surface area contributed by atoms with E-state index in [0.29, 0.717) is 11.8 Å². The van der Waals surface area contributed by atoms with Crippen LogP contribution in [0.25, 0.3) is 0 Å². The molecule has 0 aromatic carbocycles. The van der Waals surface area contributed by atoms with Crippen molar-refractivity contribution in [2.45, 2.75) is 40.7 Å². The van der Waals surface area contributed by atoms with Gasteiger partial charge in [-0.05, 0) is 5.92 Å². The highest BCUT2D eigenvalue weighted by Crippen LogP contribution is 2.14. The molecule has 0 aromatic rings. The summed E-state index contributed by atoms with van der Waals surface area (Å²) in [5, 5.41) is 2.94. The number of hydrogen-bond acceptors (Lipinski definition) is 1. The van der Waals surface area contributed by atoms with Crippen LogP contribution in [-0.4, -0.2) is 17.8 Å². The van der Waals surface area contributed by atoms with Crippen LogP contribution in [0.15, 0.2) is 0 Å². The summed E-state index contributed by atoms with van der Waals surface area (Å²) in [4.78, 5) is 11.6. The van der Waals surface area contributed by atoms with E-state index in [4.69, 9.17) is 11.6 Å². The van der Waals surface area contributed by atoms with Gasteiger partial charge in [0, 0.05) is 17.3 Å². The predicted molar refractivity (Wildman–Crippen MR) is 56.9 cm³/mol. The minimum atomic E-state index is -0.334. The highest BCUT2D eigenvalue weighted by molar-refractivity contribution is 6.18. The minimum Gasteiger partial charge on any atom is -0.351 e. The number of alkyl halides is 1. The van der Waals surface area contributed by atoms with E-state index in [1.807, 2.05) is 20.8 Å². The lowest BCUT2D eigenvalue weighted by atomic mass is 9.94. The average Bonchev–Trinajstić information content (AvgIpc) is 1.96. The molecule has 1 amide bonds. The first-order chi connectivity index (χ1) is 5.79. The van der Waals surface area contributed by atoms with E-state index < -0.39 is 0 Å². The van der Waals surface area contributed by atoms with Gasteiger partial charge in [0.2, 0.25) is 5.91 Å². The zero-order chi connectivity index (χ0) is 10.6. The lowest BCUT2D eigenvalue weighted by Gasteiger charge is -2.25. The third kappa shape index (κ3) is 4.51. The molecule has 0 aliphatic carbocycles. The Morgan fingerprint density at radius 2 is 1.85 bits per heavy atom. The first kappa shape index (κ1) is 12.8. The summed E-state index contributed by atoms with van der Waals surface area (Å²) < 4.78 is 0. The van der Waals surface area contributed by atoms with Gasteiger partial charge < -0.3 is 5.32 Å². The van der Waals surface area contributed by atoms with Crippen molar-refractivity contribution in [2.75, 3.05) is 5.88 Å². The largest absolute Gasteiger partial charge is 0.351 e. The summed E-state index contributed by atoms with van der Waals surface area (Å²) in [5.41, 5.74) is -0.334. The first-order valence-corrected chi connectivity index (χ1v) is 5.19. The van der Waals surface area contributed by atoms with Crippen molar-refractivity contribution < 1.29 is 4.79 Å². The van der Waals surface area contributed by atoms with Gasteiger partial charge in [-0.2, -0.15) is 0 Å². The van der Waals surface area contributed by atoms with Crippen LogP contribution in [0.1, 0.15) is 34.6 Å². The van der Waals surface area contributed by atoms with E-state index in [1.54, 1.807) is 0 Å². The number of rotatable bonds is 3. The van der Waals surface area contributed by atoms with Crippen molar-refractivity contribution >= 4 is 17.5 Å². The fraction of sp³-hybridized carbons (Fsp3) is 0.900. The highest BCUT2D eigenvalue weighted by atomic mass is 35.5. The van der Waals surface area contributed by atoms with E-state index in [9.17, 15) is 4.79 Å². The molecule has 1 N–H and O–H groups in total. The van der Waals surface area contributed by atoms with E-state index >= 15 is 0 Å². The number of halogens is 1. The zero-order valence-corrected chi connectivity index (χ0v) is 9.90. The summed E-state index contributed by atoms with van der Waals surface area (Å²) in [6.45, 7) is 9.79. The standard InChI is InChI=1S/C10H20ClNO/c1-7(2)8(6-11)12-9(13)10(3,4)5/h7-8H,6H2,1-5H3,(H,12,13). The van der Waals surface area contributed by atoms with E-state index in [-0.39, 0.29) is 17.4 Å². The molecule has 0 bridgehead atoms. The Labute approximate surface area is 86.0 Å². The Kier molecular flexibility index (Phi) is 4.76. The fourth-order valence-electron chi connectivity index (χ4n) is 0.768. The molecule has 0 spiro atoms. The zero-order valence-electron chi connectivity index (χ0n) is 9.15. The second-order valence-electron chi connectivity index (χ2n) is 4.73. The maximum Gasteiger partial charge on any atom is 0.225 e. The van der Waals surface area contributed by atoms with Crippen molar-refractivity contribution in [3.8, 4) is 0 Å². The Bertz CT molecular complexity index is 172. The molecule has 13 heavy (non-hydrogen) atoms. The minimum absolute atomic E-state index is 0.0619. The molecule has 2 nitrogen and oxygen atoms in total. The lowest BCUT2D eigenvalue weighted by Crippen LogP contribution is -2.45. The Morgan fingerprint density at radius 3 is 2.08 bits per heavy atom. The van der Waals surface area contributed by atoms with Gasteiger partial charge in [0.25, 0.3) is 0 Å². The molecule has 1 atom stereocenters. The van der Waals surface area contributed by atoms with Gasteiger partial charge in [-0.3, -0.25) is 4.79 Å². The van der Waals surface area contributed by atoms with Crippen LogP contribution >= 0.6 is 11.6 Å². The van der Waals surface area contributed by atoms with Gasteiger partial charge in [0.05, 0.1) is 0 Å². The number of nitrogens with one attached hydrogen (secondary N) is 1. The lowest BCUT2D eigenvalue weighted by molar-refractivity contribution is -0.129. The smallest absolute Gasteiger partial charge is 0.225 e. The number of amides is 1. The fourth-order valence-corrected chi connectivity index (χ4v) is 1.20. The Morgan fingerprint density at radius 1 is 1.38 bits per heavy atom. The van der Waals surface area contributed by atoms with Crippen molar-refractivity contribution in [2.24, 2.45) is 11.3 Å². The summed E-state index contributed by atoms with van der Waals surface area (Å²) in [6.07, 6.45) is 0. The topological polar surface area (TPSA) is 29.1 Å². The van der Waals surface area contributed by atoms with Gasteiger partial charge in [-0.1, -0.05) is 34.6 Å². The summed E-state index contributed by atoms with van der Waals surface area (Å²) in [6, 6.07) is 0.0772. The van der Waals surface area contributed by atoms with Crippen LogP contribution in [-0.2, 0) is 4.79 Å². The Hall–Kier alpha value is -0.240. The van der Waals surface area contributed by atoms with Crippen LogP contribution in [0.3, 0.4) is 0 Å². The molecular formula is C10H20ClNO. The molecule has 78 valence electrons. The van der Waals surface area contributed by atoms with Crippen molar-refractivity contribution in [1.82, 2.24) is 5.32 Å². The van der Waals surface area contributed by atoms with Crippen molar-refractivity contribution in [3.63, 3.8) is 0 Å². The molecule has 0 saturated carbocycles. The predicted octanol–water partition coefficient (Wildman–Crippen LogP) is 2.41. The van der Waals surface area contributed by atoms with Gasteiger partial charge in [-0.15, -0.1) is 11.6 Å². The summed E-state index contributed by atoms with van der Waals surface area (Å²) in [5.74, 6) is 0.912. The van der Waals surface area contributed by atoms with E-state index in [2.05, 4.69) is 19.2 Å². The number of hydrogen-bond donors (Lipinski definition) is 1. The second kappa shape index (κ2) is 4.85. The van der Waals surface area contributed by atoms with Gasteiger partial charge in [0.1, 0.15) is 0 Å². The van der Waals surface area contributed by atoms with Crippen LogP contribution in [0.2, 0.25) is 0 Å². The average molecular weight is 206 g/mol. The maximum atomic E-state index is 11.6. The van der Waals surface area contributed by atoms with Crippen LogP contribution in [0.4, 0.5) is 0 Å². The molecule has 0 radical (unpaired) electrons. The SMILES string of the molecule is CC(C)C(CCl)NC(=O)C(C)(C)C. The van der Waals surface area contributed by atoms with E-state index in [0.717, 1.165) is 0 Å². The molecule has 0 fully saturated rings. The number of carbonyl (C=O) groups excluding carboxylic acids is 1. The monoisotopic (exact) mass is 205 g/mol. The Balaban J connectivity index is 4.18. The summed E-state index contributed by atoms with van der Waals surface area (Å²) in [7, 11) is 0. The molecule has 3 heteroatoms. The quantitative estimate of drug-likeness (QED) is 0.705. The molecule has 0 aliphatic heterocycles.